The number of nitrogens with zero attached hydrogens (tertiary/aromatic N) is 4. The van der Waals surface area contributed by atoms with Crippen molar-refractivity contribution < 1.29 is 0 Å². The number of para-hydroxylation sites is 1. The summed E-state index contributed by atoms with van der Waals surface area (Å²) in [6, 6.07) is 10.4. The minimum Gasteiger partial charge on any atom is -0.339 e. The molecule has 0 unspecified atom stereocenters. The lowest BCUT2D eigenvalue weighted by Crippen LogP contribution is -2.51. The number of anilines is 1. The van der Waals surface area contributed by atoms with Crippen LogP contribution in [0.4, 0.5) is 5.95 Å². The smallest absolute Gasteiger partial charge is 0.263 e. The summed E-state index contributed by atoms with van der Waals surface area (Å²) in [6.45, 7) is 3.33. The van der Waals surface area contributed by atoms with Gasteiger partial charge in [-0.2, -0.15) is 10.1 Å². The third-order valence-electron chi connectivity index (χ3n) is 6.44. The summed E-state index contributed by atoms with van der Waals surface area (Å²) in [4.78, 5) is 23.0. The number of piperidine rings is 1. The van der Waals surface area contributed by atoms with Gasteiger partial charge >= 0.3 is 0 Å². The van der Waals surface area contributed by atoms with Gasteiger partial charge in [-0.1, -0.05) is 38.0 Å². The van der Waals surface area contributed by atoms with Crippen LogP contribution in [-0.4, -0.2) is 32.3 Å². The monoisotopic (exact) mass is 363 g/mol. The van der Waals surface area contributed by atoms with Crippen molar-refractivity contribution in [2.24, 2.45) is 11.8 Å². The van der Waals surface area contributed by atoms with Gasteiger partial charge in [0.1, 0.15) is 5.39 Å². The van der Waals surface area contributed by atoms with Crippen molar-refractivity contribution in [2.45, 2.75) is 45.1 Å². The van der Waals surface area contributed by atoms with E-state index in [1.54, 1.807) is 10.9 Å². The Morgan fingerprint density at radius 2 is 1.93 bits per heavy atom. The van der Waals surface area contributed by atoms with E-state index in [-0.39, 0.29) is 5.56 Å². The van der Waals surface area contributed by atoms with Crippen LogP contribution in [0.25, 0.3) is 16.7 Å². The van der Waals surface area contributed by atoms with Crippen LogP contribution in [0.5, 0.6) is 0 Å². The minimum atomic E-state index is -0.108. The predicted molar refractivity (Wildman–Crippen MR) is 106 cm³/mol. The molecule has 0 radical (unpaired) electrons. The molecule has 6 nitrogen and oxygen atoms in total. The Kier molecular flexibility index (Phi) is 3.99. The fraction of sp³-hybridized carbons (Fsp3) is 0.476. The summed E-state index contributed by atoms with van der Waals surface area (Å²) in [5, 5.41) is 4.96. The maximum atomic E-state index is 12.7. The Labute approximate surface area is 158 Å². The molecule has 0 bridgehead atoms. The second-order valence-corrected chi connectivity index (χ2v) is 7.99. The number of aromatic amines is 1. The average molecular weight is 363 g/mol. The van der Waals surface area contributed by atoms with Crippen LogP contribution in [0.3, 0.4) is 0 Å². The van der Waals surface area contributed by atoms with Gasteiger partial charge in [0.25, 0.3) is 5.56 Å². The molecule has 1 aromatic carbocycles. The lowest BCUT2D eigenvalue weighted by Gasteiger charge is -2.47. The lowest BCUT2D eigenvalue weighted by molar-refractivity contribution is 0.176. The van der Waals surface area contributed by atoms with Crippen LogP contribution in [0.2, 0.25) is 0 Å². The van der Waals surface area contributed by atoms with E-state index in [1.165, 1.54) is 25.7 Å². The maximum absolute atomic E-state index is 12.7. The lowest BCUT2D eigenvalue weighted by atomic mass is 9.73. The first kappa shape index (κ1) is 16.5. The van der Waals surface area contributed by atoms with E-state index in [9.17, 15) is 4.79 Å². The third-order valence-corrected chi connectivity index (χ3v) is 6.44. The van der Waals surface area contributed by atoms with Crippen molar-refractivity contribution in [3.8, 4) is 5.69 Å². The molecule has 6 heteroatoms. The van der Waals surface area contributed by atoms with Gasteiger partial charge in [-0.05, 0) is 43.2 Å². The molecule has 0 amide bonds. The highest BCUT2D eigenvalue weighted by Gasteiger charge is 2.38. The molecule has 1 saturated heterocycles. The van der Waals surface area contributed by atoms with Gasteiger partial charge in [-0.25, -0.2) is 4.68 Å². The van der Waals surface area contributed by atoms with Gasteiger partial charge in [-0.3, -0.25) is 9.78 Å². The first-order valence-electron chi connectivity index (χ1n) is 10.0. The van der Waals surface area contributed by atoms with Crippen molar-refractivity contribution in [1.82, 2.24) is 19.7 Å². The fourth-order valence-corrected chi connectivity index (χ4v) is 4.98. The van der Waals surface area contributed by atoms with Crippen LogP contribution in [0, 0.1) is 11.8 Å². The van der Waals surface area contributed by atoms with Crippen molar-refractivity contribution >= 4 is 17.0 Å². The summed E-state index contributed by atoms with van der Waals surface area (Å²) in [6.07, 6.45) is 7.83. The molecular weight excluding hydrogens is 338 g/mol. The zero-order chi connectivity index (χ0) is 18.4. The number of H-pyrrole nitrogens is 1. The van der Waals surface area contributed by atoms with Crippen molar-refractivity contribution in [3.05, 3.63) is 46.9 Å². The highest BCUT2D eigenvalue weighted by atomic mass is 16.1. The summed E-state index contributed by atoms with van der Waals surface area (Å²) in [5.41, 5.74) is 1.44. The van der Waals surface area contributed by atoms with Gasteiger partial charge in [0.15, 0.2) is 5.65 Å². The maximum Gasteiger partial charge on any atom is 0.263 e. The first-order valence-corrected chi connectivity index (χ1v) is 10.0. The molecule has 2 aromatic heterocycles. The summed E-state index contributed by atoms with van der Waals surface area (Å²) in [5.74, 6) is 2.15. The Balaban J connectivity index is 1.60. The number of nitrogens with one attached hydrogen (secondary N) is 1. The van der Waals surface area contributed by atoms with Gasteiger partial charge < -0.3 is 4.90 Å². The molecule has 1 saturated carbocycles. The molecule has 1 aliphatic heterocycles. The van der Waals surface area contributed by atoms with Crippen LogP contribution in [0.15, 0.2) is 41.3 Å². The molecule has 140 valence electrons. The molecule has 2 aliphatic rings. The van der Waals surface area contributed by atoms with Crippen LogP contribution >= 0.6 is 0 Å². The number of hydrogen-bond acceptors (Lipinski definition) is 4. The number of benzene rings is 1. The van der Waals surface area contributed by atoms with Gasteiger partial charge in [0, 0.05) is 12.6 Å². The normalized spacial score (nSPS) is 25.5. The highest BCUT2D eigenvalue weighted by molar-refractivity contribution is 5.76. The van der Waals surface area contributed by atoms with E-state index in [1.807, 2.05) is 30.3 Å². The van der Waals surface area contributed by atoms with E-state index in [0.717, 1.165) is 24.6 Å². The minimum absolute atomic E-state index is 0.108. The zero-order valence-electron chi connectivity index (χ0n) is 15.6. The quantitative estimate of drug-likeness (QED) is 0.756. The molecule has 3 heterocycles. The Morgan fingerprint density at radius 3 is 2.78 bits per heavy atom. The Hall–Kier alpha value is -2.63. The van der Waals surface area contributed by atoms with E-state index >= 15 is 0 Å². The van der Waals surface area contributed by atoms with E-state index in [2.05, 4.69) is 21.9 Å². The molecule has 3 aromatic rings. The van der Waals surface area contributed by atoms with Gasteiger partial charge in [-0.15, -0.1) is 0 Å². The number of rotatable bonds is 2. The van der Waals surface area contributed by atoms with Crippen molar-refractivity contribution in [1.29, 1.82) is 0 Å². The van der Waals surface area contributed by atoms with Crippen LogP contribution < -0.4 is 10.5 Å². The topological polar surface area (TPSA) is 66.8 Å². The highest BCUT2D eigenvalue weighted by Crippen LogP contribution is 2.39. The van der Waals surface area contributed by atoms with E-state index in [4.69, 9.17) is 4.98 Å². The average Bonchev–Trinajstić information content (AvgIpc) is 3.14. The second-order valence-electron chi connectivity index (χ2n) is 7.99. The van der Waals surface area contributed by atoms with Crippen molar-refractivity contribution in [2.75, 3.05) is 11.4 Å². The molecular formula is C21H25N5O. The third kappa shape index (κ3) is 2.74. The number of hydrogen-bond donors (Lipinski definition) is 1. The molecule has 1 N–H and O–H groups in total. The second kappa shape index (κ2) is 6.51. The zero-order valence-corrected chi connectivity index (χ0v) is 15.6. The molecule has 0 spiro atoms. The van der Waals surface area contributed by atoms with Gasteiger partial charge in [0.2, 0.25) is 5.95 Å². The molecule has 5 rings (SSSR count). The van der Waals surface area contributed by atoms with Crippen LogP contribution in [0.1, 0.15) is 39.0 Å². The first-order chi connectivity index (χ1) is 13.2. The summed E-state index contributed by atoms with van der Waals surface area (Å²) < 4.78 is 1.76. The Bertz CT molecular complexity index is 1010. The summed E-state index contributed by atoms with van der Waals surface area (Å²) in [7, 11) is 0. The van der Waals surface area contributed by atoms with Crippen molar-refractivity contribution in [3.63, 3.8) is 0 Å². The fourth-order valence-electron chi connectivity index (χ4n) is 4.98. The molecule has 27 heavy (non-hydrogen) atoms. The largest absolute Gasteiger partial charge is 0.339 e. The Morgan fingerprint density at radius 1 is 1.11 bits per heavy atom. The van der Waals surface area contributed by atoms with E-state index < -0.39 is 0 Å². The molecule has 2 fully saturated rings. The number of fused-ring (bicyclic) bond motifs is 2. The predicted octanol–water partition coefficient (Wildman–Crippen LogP) is 3.51. The number of aromatic nitrogens is 4. The van der Waals surface area contributed by atoms with Crippen LogP contribution in [-0.2, 0) is 0 Å². The molecule has 1 aliphatic carbocycles. The molecule has 3 atom stereocenters. The van der Waals surface area contributed by atoms with E-state index in [0.29, 0.717) is 28.9 Å². The SMILES string of the molecule is C[C@@H]1CCN(c2nc3c(cnn3-c3ccccc3)c(=O)[nH]2)[C@H]2CCCC[C@H]12. The summed E-state index contributed by atoms with van der Waals surface area (Å²) >= 11 is 0. The standard InChI is InChI=1S/C21H25N5O/c1-14-11-12-25(18-10-6-5-9-16(14)18)21-23-19-17(20(27)24-21)13-22-26(19)15-7-3-2-4-8-15/h2-4,7-8,13-14,16,18H,5-6,9-12H2,1H3,(H,23,24,27)/t14-,16-,18+/m1/s1. The van der Waals surface area contributed by atoms with Gasteiger partial charge in [0.05, 0.1) is 11.9 Å².